The van der Waals surface area contributed by atoms with Gasteiger partial charge in [-0.25, -0.2) is 0 Å². The zero-order valence-corrected chi connectivity index (χ0v) is 83.4. The van der Waals surface area contributed by atoms with Crippen LogP contribution in [0.15, 0.2) is 298 Å². The van der Waals surface area contributed by atoms with Crippen LogP contribution < -0.4 is 38.6 Å². The van der Waals surface area contributed by atoms with Gasteiger partial charge in [-0.05, 0) is 142 Å². The van der Waals surface area contributed by atoms with Crippen molar-refractivity contribution >= 4 is 220 Å². The molecule has 0 N–H and O–H groups in total. The first-order valence-corrected chi connectivity index (χ1v) is 35.1. The van der Waals surface area contributed by atoms with Crippen molar-refractivity contribution in [2.24, 2.45) is 0 Å². The Morgan fingerprint density at radius 1 is 0.218 bits per heavy atom. The molecule has 0 aliphatic rings. The van der Waals surface area contributed by atoms with Gasteiger partial charge in [0.05, 0.1) is 33.1 Å². The molecule has 0 aliphatic heterocycles. The van der Waals surface area contributed by atoms with Gasteiger partial charge in [0.25, 0.3) is 0 Å². The Kier molecular flexibility index (Phi) is 41.0. The van der Waals surface area contributed by atoms with Crippen LogP contribution in [0.25, 0.3) is 130 Å². The van der Waals surface area contributed by atoms with Crippen LogP contribution in [0.4, 0.5) is 0 Å². The fourth-order valence-electron chi connectivity index (χ4n) is 13.6. The van der Waals surface area contributed by atoms with Crippen molar-refractivity contribution in [2.45, 2.75) is 54.7 Å². The van der Waals surface area contributed by atoms with Crippen molar-refractivity contribution in [3.8, 4) is 0 Å². The minimum absolute atomic E-state index is 0. The van der Waals surface area contributed by atoms with Gasteiger partial charge >= 0.3 is 0 Å². The number of hydrogen-bond donors (Lipinski definition) is 0. The third kappa shape index (κ3) is 22.5. The summed E-state index contributed by atoms with van der Waals surface area (Å²) < 4.78 is 0. The molecule has 110 heavy (non-hydrogen) atoms. The fourth-order valence-corrected chi connectivity index (χ4v) is 13.6. The number of benzene rings is 12. The molecular formula is C89H73B7N7Y7. The zero-order valence-electron chi connectivity index (χ0n) is 63.5. The molecule has 0 bridgehead atoms. The summed E-state index contributed by atoms with van der Waals surface area (Å²) in [5, 5.41) is 23.1. The second kappa shape index (κ2) is 47.5. The molecule has 0 amide bonds. The van der Waals surface area contributed by atoms with Crippen molar-refractivity contribution in [1.29, 1.82) is 0 Å². The zero-order chi connectivity index (χ0) is 71.0. The smallest absolute Gasteiger partial charge is 0.175 e. The molecular weight excluding hydrogens is 1870 g/mol. The molecule has 0 fully saturated rings. The van der Waals surface area contributed by atoms with E-state index in [9.17, 15) is 0 Å². The molecule has 21 heteroatoms. The SMILES string of the molecule is C[B]c1cc2cccnc2c2ncccc12.C[B]c1ccc(C)c2ccccc12.C[B]c1ccc2c3cccc4cccc(c5cccc1c52)c43.C[B]c1ccc2ccc3cccnc3c2n1.C[B]c1ccc2ccccc2n1.C[B]c1ccnc2ccccc12.C[B]c1nccc2ccccc12.[Y].[Y].[Y].[Y].[Y].[Y].[Y]. The number of aromatic nitrogens is 7. The van der Waals surface area contributed by atoms with Gasteiger partial charge in [-0.15, -0.1) is 0 Å². The second-order valence-corrected chi connectivity index (χ2v) is 24.8. The number of hydrogen-bond acceptors (Lipinski definition) is 7. The Morgan fingerprint density at radius 3 is 1.31 bits per heavy atom. The van der Waals surface area contributed by atoms with E-state index in [2.05, 4.69) is 261 Å². The molecule has 506 valence electrons. The normalized spacial score (nSPS) is 10.0. The van der Waals surface area contributed by atoms with E-state index in [1.54, 1.807) is 0 Å². The number of pyridine rings is 7. The third-order valence-corrected chi connectivity index (χ3v) is 18.8. The summed E-state index contributed by atoms with van der Waals surface area (Å²) in [6, 6.07) is 92.7. The van der Waals surface area contributed by atoms with Gasteiger partial charge in [-0.2, -0.15) is 0 Å². The van der Waals surface area contributed by atoms with E-state index in [0.29, 0.717) is 0 Å². The largest absolute Gasteiger partial charge is 0.271 e. The summed E-state index contributed by atoms with van der Waals surface area (Å²) in [5.41, 5.74) is 15.6. The first-order chi connectivity index (χ1) is 50.7. The van der Waals surface area contributed by atoms with Crippen LogP contribution in [0.2, 0.25) is 47.8 Å². The van der Waals surface area contributed by atoms with Gasteiger partial charge in [-0.1, -0.05) is 294 Å². The van der Waals surface area contributed by atoms with Gasteiger partial charge < -0.3 is 0 Å². The van der Waals surface area contributed by atoms with Crippen LogP contribution in [0, 0.1) is 6.92 Å². The average molecular weight is 1940 g/mol. The quantitative estimate of drug-likeness (QED) is 0.0892. The maximum Gasteiger partial charge on any atom is 0.175 e. The average Bonchev–Trinajstić information content (AvgIpc) is 0.719. The van der Waals surface area contributed by atoms with Crippen LogP contribution >= 0.6 is 0 Å². The molecule has 7 heterocycles. The summed E-state index contributed by atoms with van der Waals surface area (Å²) in [7, 11) is 14.6. The molecule has 0 aliphatic carbocycles. The molecule has 0 unspecified atom stereocenters. The minimum atomic E-state index is 0. The van der Waals surface area contributed by atoms with E-state index in [1.165, 1.54) is 103 Å². The van der Waals surface area contributed by atoms with Gasteiger partial charge in [-0.3, -0.25) is 34.9 Å². The topological polar surface area (TPSA) is 90.2 Å². The van der Waals surface area contributed by atoms with Crippen LogP contribution in [0.1, 0.15) is 5.56 Å². The molecule has 14 radical (unpaired) electrons. The molecule has 12 aromatic carbocycles. The van der Waals surface area contributed by atoms with Gasteiger partial charge in [0.2, 0.25) is 0 Å². The molecule has 0 spiro atoms. The predicted molar refractivity (Wildman–Crippen MR) is 454 cm³/mol. The molecule has 7 nitrogen and oxygen atoms in total. The first kappa shape index (κ1) is 95.1. The number of aryl methyl sites for hydroxylation is 1. The van der Waals surface area contributed by atoms with Crippen LogP contribution in [-0.2, 0) is 229 Å². The van der Waals surface area contributed by atoms with Gasteiger partial charge in [0, 0.05) is 287 Å². The number of para-hydroxylation sites is 2. The fraction of sp³-hybridized carbons (Fsp3) is 0.0899. The van der Waals surface area contributed by atoms with Gasteiger partial charge in [0.1, 0.15) is 29.1 Å². The molecule has 19 aromatic rings. The maximum atomic E-state index is 4.60. The minimum Gasteiger partial charge on any atom is -0.271 e. The monoisotopic (exact) mass is 1940 g/mol. The van der Waals surface area contributed by atoms with Crippen LogP contribution in [0.5, 0.6) is 0 Å². The number of fused-ring (bicyclic) bond motifs is 12. The Balaban J connectivity index is 0.000000201. The standard InChI is InChI=1S/C21H14B.2C13H10BN2.C12H12B.3C10H9BN.7Y/c1-22-19-12-11-17-15-8-3-6-13-5-2-7-14(20(13)15)16-9-4-10-18(19)21(16)17;1-14-11-8-9-4-2-6-15-12(9)13-10(11)5-3-7-16-13;1-14-11-7-6-10-5-4-9-3-2-8-15-12(9)13(10)16-11;1-9-7-8-12(13-2)11-6-4-3-5-10(9)11;1-11-9-6-7-12-10-5-3-2-4-8(9)10;1-11-10-9-5-3-2-4-8(9)6-7-12-10;1-11-10-7-6-8-4-2-3-5-9(8)12-10;;;;;;;/h2-12H,1H3;2*2-8H,1H3;3-8H,1-2H3;3*2-7H,1H3;;;;;;;. The molecule has 0 saturated heterocycles. The van der Waals surface area contributed by atoms with Crippen LogP contribution in [0.3, 0.4) is 0 Å². The van der Waals surface area contributed by atoms with E-state index in [1.807, 2.05) is 178 Å². The summed E-state index contributed by atoms with van der Waals surface area (Å²) >= 11 is 0. The number of rotatable bonds is 7. The predicted octanol–water partition coefficient (Wildman–Crippen LogP) is 16.8. The summed E-state index contributed by atoms with van der Waals surface area (Å²) in [6.07, 6.45) is 9.13. The summed E-state index contributed by atoms with van der Waals surface area (Å²) in [5.74, 6) is 0. The van der Waals surface area contributed by atoms with E-state index in [-0.39, 0.29) is 229 Å². The van der Waals surface area contributed by atoms with Crippen molar-refractivity contribution in [3.05, 3.63) is 303 Å². The number of nitrogens with zero attached hydrogens (tertiary/aromatic N) is 7. The van der Waals surface area contributed by atoms with Crippen molar-refractivity contribution in [1.82, 2.24) is 34.9 Å². The van der Waals surface area contributed by atoms with Crippen LogP contribution in [-0.4, -0.2) is 85.8 Å². The Morgan fingerprint density at radius 2 is 0.655 bits per heavy atom. The maximum absolute atomic E-state index is 4.60. The molecule has 7 aromatic heterocycles. The Labute approximate surface area is 828 Å². The summed E-state index contributed by atoms with van der Waals surface area (Å²) in [4.78, 5) is 30.8. The Hall–Kier alpha value is -3.75. The molecule has 19 rings (SSSR count). The molecule has 0 atom stereocenters. The van der Waals surface area contributed by atoms with E-state index >= 15 is 0 Å². The third-order valence-electron chi connectivity index (χ3n) is 18.8. The van der Waals surface area contributed by atoms with E-state index in [0.717, 1.165) is 71.4 Å². The van der Waals surface area contributed by atoms with Crippen molar-refractivity contribution in [3.63, 3.8) is 0 Å². The summed E-state index contributed by atoms with van der Waals surface area (Å²) in [6.45, 7) is 16.4. The molecule has 0 saturated carbocycles. The first-order valence-electron chi connectivity index (χ1n) is 35.1. The van der Waals surface area contributed by atoms with Crippen molar-refractivity contribution in [2.75, 3.05) is 0 Å². The second-order valence-electron chi connectivity index (χ2n) is 24.8. The van der Waals surface area contributed by atoms with Gasteiger partial charge in [0.15, 0.2) is 21.8 Å². The van der Waals surface area contributed by atoms with Crippen molar-refractivity contribution < 1.29 is 229 Å². The van der Waals surface area contributed by atoms with E-state index in [4.69, 9.17) is 0 Å². The Bertz CT molecular complexity index is 6030. The van der Waals surface area contributed by atoms with E-state index < -0.39 is 0 Å².